The molecule has 0 aliphatic rings. The van der Waals surface area contributed by atoms with Crippen molar-refractivity contribution in [3.63, 3.8) is 0 Å². The second kappa shape index (κ2) is 7.14. The van der Waals surface area contributed by atoms with E-state index in [9.17, 15) is 5.11 Å². The molecule has 0 spiro atoms. The fourth-order valence-electron chi connectivity index (χ4n) is 1.35. The van der Waals surface area contributed by atoms with E-state index in [-0.39, 0.29) is 6.61 Å². The van der Waals surface area contributed by atoms with Gasteiger partial charge in [-0.1, -0.05) is 26.0 Å². The number of para-hydroxylation sites is 2. The van der Waals surface area contributed by atoms with Crippen LogP contribution in [0.25, 0.3) is 0 Å². The summed E-state index contributed by atoms with van der Waals surface area (Å²) in [6.07, 6.45) is -0.526. The number of aliphatic hydroxyl groups is 1. The highest BCUT2D eigenvalue weighted by Gasteiger charge is 2.08. The summed E-state index contributed by atoms with van der Waals surface area (Å²) < 4.78 is 10.7. The third kappa shape index (κ3) is 5.06. The average molecular weight is 239 g/mol. The van der Waals surface area contributed by atoms with Crippen LogP contribution >= 0.6 is 0 Å². The first-order valence-electron chi connectivity index (χ1n) is 5.80. The first-order valence-corrected chi connectivity index (χ1v) is 5.80. The van der Waals surface area contributed by atoms with Crippen LogP contribution in [0.1, 0.15) is 13.8 Å². The molecule has 1 rings (SSSR count). The Morgan fingerprint density at radius 2 is 1.88 bits per heavy atom. The zero-order chi connectivity index (χ0) is 12.7. The monoisotopic (exact) mass is 239 g/mol. The predicted octanol–water partition coefficient (Wildman–Crippen LogP) is 1.43. The van der Waals surface area contributed by atoms with Gasteiger partial charge in [-0.3, -0.25) is 0 Å². The molecule has 0 fully saturated rings. The lowest BCUT2D eigenvalue weighted by molar-refractivity contribution is 0.103. The third-order valence-electron chi connectivity index (χ3n) is 2.26. The smallest absolute Gasteiger partial charge is 0.161 e. The summed E-state index contributed by atoms with van der Waals surface area (Å²) in [4.78, 5) is 0. The lowest BCUT2D eigenvalue weighted by atomic mass is 10.3. The normalized spacial score (nSPS) is 12.5. The maximum atomic E-state index is 9.69. The summed E-state index contributed by atoms with van der Waals surface area (Å²) in [5.41, 5.74) is 0. The van der Waals surface area contributed by atoms with Gasteiger partial charge in [0.15, 0.2) is 11.5 Å². The highest BCUT2D eigenvalue weighted by atomic mass is 16.5. The van der Waals surface area contributed by atoms with Crippen molar-refractivity contribution in [2.45, 2.75) is 26.0 Å². The van der Waals surface area contributed by atoms with Crippen molar-refractivity contribution in [1.82, 2.24) is 5.32 Å². The molecule has 17 heavy (non-hydrogen) atoms. The van der Waals surface area contributed by atoms with Crippen molar-refractivity contribution in [2.75, 3.05) is 20.3 Å². The minimum absolute atomic E-state index is 0.250. The lowest BCUT2D eigenvalue weighted by Crippen LogP contribution is -2.35. The quantitative estimate of drug-likeness (QED) is 0.756. The molecule has 0 saturated heterocycles. The summed E-state index contributed by atoms with van der Waals surface area (Å²) in [5.74, 6) is 1.33. The van der Waals surface area contributed by atoms with Gasteiger partial charge in [0.2, 0.25) is 0 Å². The van der Waals surface area contributed by atoms with Gasteiger partial charge in [0.05, 0.1) is 7.11 Å². The van der Waals surface area contributed by atoms with Gasteiger partial charge >= 0.3 is 0 Å². The van der Waals surface area contributed by atoms with Crippen LogP contribution < -0.4 is 14.8 Å². The Hall–Kier alpha value is -1.26. The molecule has 1 atom stereocenters. The summed E-state index contributed by atoms with van der Waals surface area (Å²) in [5, 5.41) is 12.8. The lowest BCUT2D eigenvalue weighted by Gasteiger charge is -2.16. The Labute approximate surface area is 103 Å². The number of methoxy groups -OCH3 is 1. The summed E-state index contributed by atoms with van der Waals surface area (Å²) in [6, 6.07) is 7.75. The number of ether oxygens (including phenoxy) is 2. The van der Waals surface area contributed by atoms with Crippen LogP contribution in [0.15, 0.2) is 24.3 Å². The highest BCUT2D eigenvalue weighted by Crippen LogP contribution is 2.25. The molecule has 0 aromatic heterocycles. The second-order valence-corrected chi connectivity index (χ2v) is 4.18. The van der Waals surface area contributed by atoms with Gasteiger partial charge in [-0.25, -0.2) is 0 Å². The number of aliphatic hydroxyl groups excluding tert-OH is 1. The molecular formula is C13H21NO3. The maximum absolute atomic E-state index is 9.69. The molecule has 0 aliphatic carbocycles. The Morgan fingerprint density at radius 1 is 1.24 bits per heavy atom. The van der Waals surface area contributed by atoms with E-state index >= 15 is 0 Å². The molecule has 2 N–H and O–H groups in total. The molecule has 1 aromatic rings. The minimum Gasteiger partial charge on any atom is -0.493 e. The molecule has 0 bridgehead atoms. The topological polar surface area (TPSA) is 50.7 Å². The number of benzene rings is 1. The van der Waals surface area contributed by atoms with Crippen molar-refractivity contribution in [1.29, 1.82) is 0 Å². The number of rotatable bonds is 7. The largest absolute Gasteiger partial charge is 0.493 e. The average Bonchev–Trinajstić information content (AvgIpc) is 2.34. The molecule has 0 amide bonds. The van der Waals surface area contributed by atoms with Crippen LogP contribution in [0, 0.1) is 0 Å². The Balaban J connectivity index is 2.39. The van der Waals surface area contributed by atoms with Crippen LogP contribution in [-0.4, -0.2) is 37.5 Å². The molecule has 96 valence electrons. The summed E-state index contributed by atoms with van der Waals surface area (Å²) >= 11 is 0. The molecule has 4 heteroatoms. The predicted molar refractivity (Wildman–Crippen MR) is 67.6 cm³/mol. The van der Waals surface area contributed by atoms with Gasteiger partial charge in [-0.05, 0) is 12.1 Å². The fraction of sp³-hybridized carbons (Fsp3) is 0.538. The van der Waals surface area contributed by atoms with E-state index in [4.69, 9.17) is 9.47 Å². The van der Waals surface area contributed by atoms with Crippen LogP contribution in [0.2, 0.25) is 0 Å². The van der Waals surface area contributed by atoms with Crippen molar-refractivity contribution in [3.05, 3.63) is 24.3 Å². The van der Waals surface area contributed by atoms with E-state index < -0.39 is 6.10 Å². The third-order valence-corrected chi connectivity index (χ3v) is 2.26. The Kier molecular flexibility index (Phi) is 5.80. The minimum atomic E-state index is -0.526. The number of hydrogen-bond acceptors (Lipinski definition) is 4. The highest BCUT2D eigenvalue weighted by molar-refractivity contribution is 5.39. The molecular weight excluding hydrogens is 218 g/mol. The van der Waals surface area contributed by atoms with Crippen molar-refractivity contribution >= 4 is 0 Å². The van der Waals surface area contributed by atoms with Crippen molar-refractivity contribution in [3.8, 4) is 11.5 Å². The number of hydrogen-bond donors (Lipinski definition) is 2. The van der Waals surface area contributed by atoms with Crippen LogP contribution in [0.5, 0.6) is 11.5 Å². The van der Waals surface area contributed by atoms with Gasteiger partial charge in [0.1, 0.15) is 12.7 Å². The van der Waals surface area contributed by atoms with E-state index in [1.165, 1.54) is 0 Å². The Bertz CT molecular complexity index is 328. The first-order chi connectivity index (χ1) is 8.13. The van der Waals surface area contributed by atoms with Crippen molar-refractivity contribution in [2.24, 2.45) is 0 Å². The maximum Gasteiger partial charge on any atom is 0.161 e. The molecule has 0 saturated carbocycles. The van der Waals surface area contributed by atoms with E-state index in [0.29, 0.717) is 24.1 Å². The van der Waals surface area contributed by atoms with E-state index in [0.717, 1.165) is 0 Å². The van der Waals surface area contributed by atoms with Gasteiger partial charge in [-0.15, -0.1) is 0 Å². The zero-order valence-electron chi connectivity index (χ0n) is 10.6. The Morgan fingerprint density at radius 3 is 2.47 bits per heavy atom. The number of nitrogens with one attached hydrogen (secondary N) is 1. The fourth-order valence-corrected chi connectivity index (χ4v) is 1.35. The van der Waals surface area contributed by atoms with Crippen LogP contribution in [0.3, 0.4) is 0 Å². The standard InChI is InChI=1S/C13H21NO3/c1-10(2)14-8-11(15)9-17-13-7-5-4-6-12(13)16-3/h4-7,10-11,14-15H,8-9H2,1-3H3/t11-/m1/s1. The van der Waals surface area contributed by atoms with Crippen LogP contribution in [0.4, 0.5) is 0 Å². The molecule has 0 heterocycles. The van der Waals surface area contributed by atoms with Gasteiger partial charge < -0.3 is 19.9 Å². The summed E-state index contributed by atoms with van der Waals surface area (Å²) in [7, 11) is 1.60. The SMILES string of the molecule is COc1ccccc1OC[C@H](O)CNC(C)C. The van der Waals surface area contributed by atoms with Gasteiger partial charge in [0, 0.05) is 12.6 Å². The van der Waals surface area contributed by atoms with Gasteiger partial charge in [0.25, 0.3) is 0 Å². The van der Waals surface area contributed by atoms with E-state index in [1.54, 1.807) is 7.11 Å². The second-order valence-electron chi connectivity index (χ2n) is 4.18. The first kappa shape index (κ1) is 13.8. The zero-order valence-corrected chi connectivity index (χ0v) is 10.6. The summed E-state index contributed by atoms with van der Waals surface area (Å²) in [6.45, 7) is 4.84. The molecule has 4 nitrogen and oxygen atoms in total. The molecule has 0 unspecified atom stereocenters. The molecule has 0 aliphatic heterocycles. The molecule has 1 aromatic carbocycles. The van der Waals surface area contributed by atoms with Gasteiger partial charge in [-0.2, -0.15) is 0 Å². The van der Waals surface area contributed by atoms with Crippen molar-refractivity contribution < 1.29 is 14.6 Å². The van der Waals surface area contributed by atoms with Crippen LogP contribution in [-0.2, 0) is 0 Å². The van der Waals surface area contributed by atoms with E-state index in [1.807, 2.05) is 38.1 Å². The molecule has 0 radical (unpaired) electrons. The van der Waals surface area contributed by atoms with E-state index in [2.05, 4.69) is 5.32 Å².